The van der Waals surface area contributed by atoms with Crippen molar-refractivity contribution >= 4 is 23.2 Å². The SMILES string of the molecule is CCN(Cc1ccc(OC)c(F)c1)C(=O)c1ccc2c(c1)NC(=O)[C@@H]1CCCN21. The summed E-state index contributed by atoms with van der Waals surface area (Å²) < 4.78 is 18.9. The molecule has 0 aliphatic carbocycles. The van der Waals surface area contributed by atoms with E-state index >= 15 is 0 Å². The second kappa shape index (κ2) is 7.73. The first-order valence-corrected chi connectivity index (χ1v) is 9.85. The molecule has 0 spiro atoms. The van der Waals surface area contributed by atoms with Gasteiger partial charge in [-0.1, -0.05) is 6.07 Å². The monoisotopic (exact) mass is 397 g/mol. The molecule has 152 valence electrons. The number of nitrogens with zero attached hydrogens (tertiary/aromatic N) is 2. The third-order valence-electron chi connectivity index (χ3n) is 5.62. The molecule has 0 unspecified atom stereocenters. The van der Waals surface area contributed by atoms with Gasteiger partial charge in [0.05, 0.1) is 18.5 Å². The van der Waals surface area contributed by atoms with Gasteiger partial charge in [-0.15, -0.1) is 0 Å². The maximum absolute atomic E-state index is 14.0. The van der Waals surface area contributed by atoms with Gasteiger partial charge in [-0.25, -0.2) is 4.39 Å². The molecule has 2 aromatic carbocycles. The largest absolute Gasteiger partial charge is 0.494 e. The second-order valence-electron chi connectivity index (χ2n) is 7.36. The molecule has 6 nitrogen and oxygen atoms in total. The van der Waals surface area contributed by atoms with E-state index in [-0.39, 0.29) is 30.2 Å². The zero-order valence-corrected chi connectivity index (χ0v) is 16.6. The van der Waals surface area contributed by atoms with E-state index in [1.807, 2.05) is 13.0 Å². The summed E-state index contributed by atoms with van der Waals surface area (Å²) in [7, 11) is 1.42. The second-order valence-corrected chi connectivity index (χ2v) is 7.36. The van der Waals surface area contributed by atoms with Crippen LogP contribution in [0.3, 0.4) is 0 Å². The Morgan fingerprint density at radius 1 is 1.31 bits per heavy atom. The normalized spacial score (nSPS) is 17.4. The molecule has 1 N–H and O–H groups in total. The molecule has 0 bridgehead atoms. The first-order valence-electron chi connectivity index (χ1n) is 9.85. The summed E-state index contributed by atoms with van der Waals surface area (Å²) >= 11 is 0. The smallest absolute Gasteiger partial charge is 0.254 e. The van der Waals surface area contributed by atoms with Gasteiger partial charge in [-0.2, -0.15) is 0 Å². The van der Waals surface area contributed by atoms with E-state index in [1.54, 1.807) is 29.2 Å². The fourth-order valence-corrected chi connectivity index (χ4v) is 4.10. The van der Waals surface area contributed by atoms with Gasteiger partial charge in [-0.3, -0.25) is 9.59 Å². The third kappa shape index (κ3) is 3.52. The number of carbonyl (C=O) groups excluding carboxylic acids is 2. The molecule has 1 atom stereocenters. The average Bonchev–Trinajstić information content (AvgIpc) is 3.22. The number of rotatable bonds is 5. The van der Waals surface area contributed by atoms with Crippen LogP contribution >= 0.6 is 0 Å². The van der Waals surface area contributed by atoms with Crippen LogP contribution in [0.5, 0.6) is 5.75 Å². The highest BCUT2D eigenvalue weighted by Crippen LogP contribution is 2.37. The summed E-state index contributed by atoms with van der Waals surface area (Å²) in [6, 6.07) is 10.0. The van der Waals surface area contributed by atoms with Gasteiger partial charge >= 0.3 is 0 Å². The lowest BCUT2D eigenvalue weighted by Crippen LogP contribution is -2.44. The summed E-state index contributed by atoms with van der Waals surface area (Å²) in [5.74, 6) is -0.455. The van der Waals surface area contributed by atoms with Crippen molar-refractivity contribution in [2.75, 3.05) is 30.4 Å². The lowest BCUT2D eigenvalue weighted by Gasteiger charge is -2.33. The lowest BCUT2D eigenvalue weighted by molar-refractivity contribution is -0.117. The highest BCUT2D eigenvalue weighted by molar-refractivity contribution is 6.06. The van der Waals surface area contributed by atoms with E-state index < -0.39 is 5.82 Å². The van der Waals surface area contributed by atoms with Gasteiger partial charge in [0, 0.05) is 25.2 Å². The van der Waals surface area contributed by atoms with Gasteiger partial charge in [0.15, 0.2) is 11.6 Å². The molecule has 2 amide bonds. The topological polar surface area (TPSA) is 61.9 Å². The van der Waals surface area contributed by atoms with E-state index in [1.165, 1.54) is 13.2 Å². The molecule has 29 heavy (non-hydrogen) atoms. The molecule has 2 aliphatic heterocycles. The maximum atomic E-state index is 14.0. The number of carbonyl (C=O) groups is 2. The van der Waals surface area contributed by atoms with Gasteiger partial charge in [0.2, 0.25) is 5.91 Å². The Bertz CT molecular complexity index is 962. The van der Waals surface area contributed by atoms with Crippen molar-refractivity contribution < 1.29 is 18.7 Å². The summed E-state index contributed by atoms with van der Waals surface area (Å²) in [6.07, 6.45) is 1.84. The number of benzene rings is 2. The Balaban J connectivity index is 1.56. The van der Waals surface area contributed by atoms with Crippen LogP contribution in [0.15, 0.2) is 36.4 Å². The number of hydrogen-bond donors (Lipinski definition) is 1. The molecule has 4 rings (SSSR count). The molecule has 2 heterocycles. The lowest BCUT2D eigenvalue weighted by atomic mass is 10.1. The zero-order chi connectivity index (χ0) is 20.5. The maximum Gasteiger partial charge on any atom is 0.254 e. The molecular weight excluding hydrogens is 373 g/mol. The Kier molecular flexibility index (Phi) is 5.13. The molecule has 7 heteroatoms. The molecule has 1 fully saturated rings. The fourth-order valence-electron chi connectivity index (χ4n) is 4.10. The highest BCUT2D eigenvalue weighted by atomic mass is 19.1. The molecular formula is C22H24FN3O3. The molecule has 2 aromatic rings. The van der Waals surface area contributed by atoms with Crippen molar-refractivity contribution in [3.8, 4) is 5.75 Å². The van der Waals surface area contributed by atoms with Crippen LogP contribution in [0.4, 0.5) is 15.8 Å². The van der Waals surface area contributed by atoms with Crippen LogP contribution in [0, 0.1) is 5.82 Å². The van der Waals surface area contributed by atoms with E-state index in [2.05, 4.69) is 10.2 Å². The van der Waals surface area contributed by atoms with Crippen molar-refractivity contribution in [2.24, 2.45) is 0 Å². The summed E-state index contributed by atoms with van der Waals surface area (Å²) in [6.45, 7) is 3.49. The fraction of sp³-hybridized carbons (Fsp3) is 0.364. The van der Waals surface area contributed by atoms with Crippen LogP contribution in [0.2, 0.25) is 0 Å². The summed E-state index contributed by atoms with van der Waals surface area (Å²) in [5, 5.41) is 2.94. The molecule has 0 aromatic heterocycles. The van der Waals surface area contributed by atoms with Gasteiger partial charge < -0.3 is 19.9 Å². The minimum atomic E-state index is -0.454. The Hall–Kier alpha value is -3.09. The van der Waals surface area contributed by atoms with Gasteiger partial charge in [0.1, 0.15) is 6.04 Å². The van der Waals surface area contributed by atoms with Crippen LogP contribution in [0.1, 0.15) is 35.7 Å². The Morgan fingerprint density at radius 2 is 2.14 bits per heavy atom. The van der Waals surface area contributed by atoms with Crippen molar-refractivity contribution in [2.45, 2.75) is 32.4 Å². The Labute approximate surface area is 169 Å². The van der Waals surface area contributed by atoms with Crippen molar-refractivity contribution in [1.82, 2.24) is 4.90 Å². The zero-order valence-electron chi connectivity index (χ0n) is 16.6. The standard InChI is InChI=1S/C22H24FN3O3/c1-3-25(13-14-6-9-20(29-2)16(23)11-14)22(28)15-7-8-18-17(12-15)24-21(27)19-5-4-10-26(18)19/h6-9,11-12,19H,3-5,10,13H2,1-2H3,(H,24,27)/t19-/m0/s1. The molecule has 0 saturated carbocycles. The quantitative estimate of drug-likeness (QED) is 0.840. The van der Waals surface area contributed by atoms with Crippen LogP contribution in [0.25, 0.3) is 0 Å². The number of ether oxygens (including phenoxy) is 1. The van der Waals surface area contributed by atoms with Crippen molar-refractivity contribution in [3.63, 3.8) is 0 Å². The highest BCUT2D eigenvalue weighted by Gasteiger charge is 2.36. The number of halogens is 1. The van der Waals surface area contributed by atoms with Gasteiger partial charge in [-0.05, 0) is 55.7 Å². The first kappa shape index (κ1) is 19.2. The van der Waals surface area contributed by atoms with E-state index in [0.29, 0.717) is 23.4 Å². The minimum absolute atomic E-state index is 0.0133. The predicted octanol–water partition coefficient (Wildman–Crippen LogP) is 3.42. The number of anilines is 2. The number of amides is 2. The summed E-state index contributed by atoms with van der Waals surface area (Å²) in [5.41, 5.74) is 2.82. The number of hydrogen-bond acceptors (Lipinski definition) is 4. The first-order chi connectivity index (χ1) is 14.0. The Morgan fingerprint density at radius 3 is 2.86 bits per heavy atom. The number of methoxy groups -OCH3 is 1. The summed E-state index contributed by atoms with van der Waals surface area (Å²) in [4.78, 5) is 29.2. The predicted molar refractivity (Wildman–Crippen MR) is 109 cm³/mol. The molecule has 1 saturated heterocycles. The molecule has 2 aliphatic rings. The number of nitrogens with one attached hydrogen (secondary N) is 1. The minimum Gasteiger partial charge on any atom is -0.494 e. The van der Waals surface area contributed by atoms with Crippen molar-refractivity contribution in [1.29, 1.82) is 0 Å². The van der Waals surface area contributed by atoms with E-state index in [9.17, 15) is 14.0 Å². The van der Waals surface area contributed by atoms with E-state index in [4.69, 9.17) is 4.74 Å². The van der Waals surface area contributed by atoms with Crippen LogP contribution < -0.4 is 15.0 Å². The van der Waals surface area contributed by atoms with Crippen LogP contribution in [-0.4, -0.2) is 43.0 Å². The van der Waals surface area contributed by atoms with Crippen molar-refractivity contribution in [3.05, 3.63) is 53.3 Å². The van der Waals surface area contributed by atoms with E-state index in [0.717, 1.165) is 25.1 Å². The third-order valence-corrected chi connectivity index (χ3v) is 5.62. The van der Waals surface area contributed by atoms with Gasteiger partial charge in [0.25, 0.3) is 5.91 Å². The average molecular weight is 397 g/mol. The van der Waals surface area contributed by atoms with Crippen LogP contribution in [-0.2, 0) is 11.3 Å². The number of fused-ring (bicyclic) bond motifs is 3. The molecule has 0 radical (unpaired) electrons.